The highest BCUT2D eigenvalue weighted by molar-refractivity contribution is 5.50. The van der Waals surface area contributed by atoms with Crippen molar-refractivity contribution in [2.75, 3.05) is 12.4 Å². The molecular weight excluding hydrogens is 242 g/mol. The van der Waals surface area contributed by atoms with Gasteiger partial charge in [0.1, 0.15) is 5.82 Å². The Bertz CT molecular complexity index is 680. The van der Waals surface area contributed by atoms with E-state index in [-0.39, 0.29) is 0 Å². The SMILES string of the molecule is COc1cc(NCc2cccnc2)n2nccc2n1. The zero-order valence-corrected chi connectivity index (χ0v) is 10.4. The molecule has 96 valence electrons. The number of ether oxygens (including phenoxy) is 1. The molecule has 0 aliphatic rings. The molecule has 0 spiro atoms. The van der Waals surface area contributed by atoms with Crippen molar-refractivity contribution in [1.82, 2.24) is 19.6 Å². The van der Waals surface area contributed by atoms with Gasteiger partial charge in [0.15, 0.2) is 5.65 Å². The van der Waals surface area contributed by atoms with Crippen molar-refractivity contribution in [3.8, 4) is 5.88 Å². The van der Waals surface area contributed by atoms with Gasteiger partial charge in [0.2, 0.25) is 5.88 Å². The van der Waals surface area contributed by atoms with Gasteiger partial charge in [-0.2, -0.15) is 14.6 Å². The fraction of sp³-hybridized carbons (Fsp3) is 0.154. The van der Waals surface area contributed by atoms with E-state index in [9.17, 15) is 0 Å². The third-order valence-electron chi connectivity index (χ3n) is 2.74. The smallest absolute Gasteiger partial charge is 0.218 e. The molecule has 0 unspecified atom stereocenters. The fourth-order valence-corrected chi connectivity index (χ4v) is 1.82. The van der Waals surface area contributed by atoms with Gasteiger partial charge in [-0.1, -0.05) is 6.07 Å². The number of rotatable bonds is 4. The minimum atomic E-state index is 0.557. The molecule has 3 rings (SSSR count). The first-order valence-electron chi connectivity index (χ1n) is 5.88. The van der Waals surface area contributed by atoms with Crippen molar-refractivity contribution >= 4 is 11.5 Å². The first kappa shape index (κ1) is 11.5. The Labute approximate surface area is 110 Å². The van der Waals surface area contributed by atoms with Crippen molar-refractivity contribution in [2.45, 2.75) is 6.54 Å². The van der Waals surface area contributed by atoms with Crippen LogP contribution in [-0.2, 0) is 6.54 Å². The lowest BCUT2D eigenvalue weighted by molar-refractivity contribution is 0.398. The molecule has 3 heterocycles. The maximum absolute atomic E-state index is 5.18. The lowest BCUT2D eigenvalue weighted by atomic mass is 10.3. The summed E-state index contributed by atoms with van der Waals surface area (Å²) >= 11 is 0. The number of anilines is 1. The van der Waals surface area contributed by atoms with Gasteiger partial charge in [0, 0.05) is 31.1 Å². The Kier molecular flexibility index (Phi) is 2.97. The third kappa shape index (κ3) is 2.33. The zero-order valence-electron chi connectivity index (χ0n) is 10.4. The van der Waals surface area contributed by atoms with Crippen LogP contribution in [0.25, 0.3) is 5.65 Å². The second-order valence-corrected chi connectivity index (χ2v) is 4.00. The van der Waals surface area contributed by atoms with E-state index in [1.807, 2.05) is 30.5 Å². The molecule has 0 aliphatic carbocycles. The summed E-state index contributed by atoms with van der Waals surface area (Å²) in [5, 5.41) is 7.53. The largest absolute Gasteiger partial charge is 0.481 e. The number of nitrogens with zero attached hydrogens (tertiary/aromatic N) is 4. The van der Waals surface area contributed by atoms with Crippen LogP contribution in [0.4, 0.5) is 5.82 Å². The molecule has 0 aliphatic heterocycles. The Morgan fingerprint density at radius 2 is 2.26 bits per heavy atom. The predicted molar refractivity (Wildman–Crippen MR) is 71.1 cm³/mol. The van der Waals surface area contributed by atoms with E-state index in [1.165, 1.54) is 0 Å². The van der Waals surface area contributed by atoms with Crippen LogP contribution in [-0.4, -0.2) is 26.7 Å². The molecule has 6 nitrogen and oxygen atoms in total. The van der Waals surface area contributed by atoms with Gasteiger partial charge in [-0.25, -0.2) is 0 Å². The topological polar surface area (TPSA) is 64.3 Å². The molecule has 6 heteroatoms. The Hall–Kier alpha value is -2.63. The molecule has 0 amide bonds. The number of methoxy groups -OCH3 is 1. The zero-order chi connectivity index (χ0) is 13.1. The maximum atomic E-state index is 5.18. The summed E-state index contributed by atoms with van der Waals surface area (Å²) < 4.78 is 6.91. The molecule has 3 aromatic heterocycles. The normalized spacial score (nSPS) is 10.6. The molecule has 0 radical (unpaired) electrons. The molecule has 3 aromatic rings. The van der Waals surface area contributed by atoms with E-state index in [0.29, 0.717) is 12.4 Å². The molecule has 0 saturated carbocycles. The van der Waals surface area contributed by atoms with E-state index < -0.39 is 0 Å². The summed E-state index contributed by atoms with van der Waals surface area (Å²) in [6.07, 6.45) is 5.29. The quantitative estimate of drug-likeness (QED) is 0.769. The van der Waals surface area contributed by atoms with Crippen molar-refractivity contribution in [3.05, 3.63) is 48.4 Å². The molecule has 1 N–H and O–H groups in total. The van der Waals surface area contributed by atoms with Crippen molar-refractivity contribution in [1.29, 1.82) is 0 Å². The van der Waals surface area contributed by atoms with Gasteiger partial charge in [0.25, 0.3) is 0 Å². The van der Waals surface area contributed by atoms with Crippen LogP contribution in [0.1, 0.15) is 5.56 Å². The monoisotopic (exact) mass is 255 g/mol. The first-order valence-corrected chi connectivity index (χ1v) is 5.88. The predicted octanol–water partition coefficient (Wildman–Crippen LogP) is 1.74. The minimum Gasteiger partial charge on any atom is -0.481 e. The van der Waals surface area contributed by atoms with E-state index in [1.54, 1.807) is 24.0 Å². The van der Waals surface area contributed by atoms with Crippen molar-refractivity contribution < 1.29 is 4.74 Å². The standard InChI is InChI=1S/C13H13N5O/c1-19-13-7-12(18-11(17-13)4-6-16-18)15-9-10-3-2-5-14-8-10/h2-8,15H,9H2,1H3. The maximum Gasteiger partial charge on any atom is 0.218 e. The van der Waals surface area contributed by atoms with Crippen LogP contribution < -0.4 is 10.1 Å². The van der Waals surface area contributed by atoms with Crippen LogP contribution >= 0.6 is 0 Å². The highest BCUT2D eigenvalue weighted by atomic mass is 16.5. The van der Waals surface area contributed by atoms with Gasteiger partial charge < -0.3 is 10.1 Å². The number of pyridine rings is 1. The van der Waals surface area contributed by atoms with E-state index >= 15 is 0 Å². The van der Waals surface area contributed by atoms with Crippen LogP contribution in [0.15, 0.2) is 42.9 Å². The molecule has 19 heavy (non-hydrogen) atoms. The van der Waals surface area contributed by atoms with E-state index in [2.05, 4.69) is 20.4 Å². The van der Waals surface area contributed by atoms with Gasteiger partial charge in [-0.3, -0.25) is 4.98 Å². The molecule has 0 atom stereocenters. The van der Waals surface area contributed by atoms with Gasteiger partial charge in [-0.05, 0) is 11.6 Å². The number of aromatic nitrogens is 4. The van der Waals surface area contributed by atoms with Crippen LogP contribution in [0.2, 0.25) is 0 Å². The van der Waals surface area contributed by atoms with E-state index in [4.69, 9.17) is 4.74 Å². The van der Waals surface area contributed by atoms with Crippen LogP contribution in [0.3, 0.4) is 0 Å². The molecule has 0 fully saturated rings. The highest BCUT2D eigenvalue weighted by Gasteiger charge is 2.06. The average Bonchev–Trinajstić information content (AvgIpc) is 2.94. The Morgan fingerprint density at radius 3 is 3.05 bits per heavy atom. The number of fused-ring (bicyclic) bond motifs is 1. The third-order valence-corrected chi connectivity index (χ3v) is 2.74. The summed E-state index contributed by atoms with van der Waals surface area (Å²) in [6.45, 7) is 0.663. The fourth-order valence-electron chi connectivity index (χ4n) is 1.82. The van der Waals surface area contributed by atoms with Crippen molar-refractivity contribution in [2.24, 2.45) is 0 Å². The summed E-state index contributed by atoms with van der Waals surface area (Å²) in [5.41, 5.74) is 1.84. The second kappa shape index (κ2) is 4.93. The van der Waals surface area contributed by atoms with Crippen molar-refractivity contribution in [3.63, 3.8) is 0 Å². The summed E-state index contributed by atoms with van der Waals surface area (Å²) in [5.74, 6) is 1.39. The van der Waals surface area contributed by atoms with Gasteiger partial charge in [-0.15, -0.1) is 0 Å². The van der Waals surface area contributed by atoms with E-state index in [0.717, 1.165) is 17.0 Å². The minimum absolute atomic E-state index is 0.557. The Balaban J connectivity index is 1.89. The van der Waals surface area contributed by atoms with Crippen LogP contribution in [0.5, 0.6) is 5.88 Å². The number of hydrogen-bond acceptors (Lipinski definition) is 5. The van der Waals surface area contributed by atoms with Gasteiger partial charge >= 0.3 is 0 Å². The summed E-state index contributed by atoms with van der Waals surface area (Å²) in [6, 6.07) is 7.57. The number of nitrogens with one attached hydrogen (secondary N) is 1. The van der Waals surface area contributed by atoms with Gasteiger partial charge in [0.05, 0.1) is 13.3 Å². The molecule has 0 aromatic carbocycles. The lowest BCUT2D eigenvalue weighted by Crippen LogP contribution is -2.06. The molecule has 0 saturated heterocycles. The summed E-state index contributed by atoms with van der Waals surface area (Å²) in [4.78, 5) is 8.38. The second-order valence-electron chi connectivity index (χ2n) is 4.00. The summed E-state index contributed by atoms with van der Waals surface area (Å²) in [7, 11) is 1.60. The average molecular weight is 255 g/mol. The molecule has 0 bridgehead atoms. The highest BCUT2D eigenvalue weighted by Crippen LogP contribution is 2.17. The lowest BCUT2D eigenvalue weighted by Gasteiger charge is -2.09. The first-order chi connectivity index (χ1) is 9.36. The van der Waals surface area contributed by atoms with Crippen LogP contribution in [0, 0.1) is 0 Å². The molecular formula is C13H13N5O. The number of hydrogen-bond donors (Lipinski definition) is 1. The Morgan fingerprint density at radius 1 is 1.32 bits per heavy atom.